The smallest absolute Gasteiger partial charge is 0.417 e. The number of aliphatic hydroxyl groups excluding tert-OH is 1. The molecule has 0 aliphatic carbocycles. The summed E-state index contributed by atoms with van der Waals surface area (Å²) in [6.45, 7) is -0.427. The summed E-state index contributed by atoms with van der Waals surface area (Å²) in [4.78, 5) is 11.5. The molecule has 0 saturated heterocycles. The van der Waals surface area contributed by atoms with Crippen LogP contribution in [0.5, 0.6) is 0 Å². The normalized spacial score (nSPS) is 13.1. The van der Waals surface area contributed by atoms with Gasteiger partial charge in [-0.2, -0.15) is 13.2 Å². The van der Waals surface area contributed by atoms with E-state index in [4.69, 9.17) is 4.42 Å². The van der Waals surface area contributed by atoms with Crippen molar-refractivity contribution in [1.29, 1.82) is 0 Å². The topological polar surface area (TPSA) is 96.6 Å². The molecule has 0 fully saturated rings. The maximum Gasteiger partial charge on any atom is 0.417 e. The second kappa shape index (κ2) is 9.65. The zero-order valence-corrected chi connectivity index (χ0v) is 18.9. The first-order valence-corrected chi connectivity index (χ1v) is 12.0. The third kappa shape index (κ3) is 5.61. The Hall–Kier alpha value is -3.47. The molecule has 0 saturated carbocycles. The number of benzene rings is 3. The van der Waals surface area contributed by atoms with Crippen LogP contribution in [0.1, 0.15) is 28.3 Å². The number of aliphatic hydroxyl groups is 1. The molecule has 0 bridgehead atoms. The molecule has 0 radical (unpaired) electrons. The van der Waals surface area contributed by atoms with Crippen LogP contribution in [-0.4, -0.2) is 20.1 Å². The molecule has 0 aliphatic rings. The van der Waals surface area contributed by atoms with Crippen molar-refractivity contribution in [1.82, 2.24) is 4.72 Å². The molecule has 2 N–H and O–H groups in total. The molecule has 10 heteroatoms. The van der Waals surface area contributed by atoms with Gasteiger partial charge in [-0.25, -0.2) is 17.9 Å². The predicted molar refractivity (Wildman–Crippen MR) is 123 cm³/mol. The molecule has 35 heavy (non-hydrogen) atoms. The molecule has 0 amide bonds. The maximum absolute atomic E-state index is 13.4. The number of nitrogens with one attached hydrogen (secondary N) is 1. The monoisotopic (exact) mass is 503 g/mol. The van der Waals surface area contributed by atoms with E-state index in [9.17, 15) is 31.5 Å². The lowest BCUT2D eigenvalue weighted by Crippen LogP contribution is -2.30. The van der Waals surface area contributed by atoms with Gasteiger partial charge >= 0.3 is 11.8 Å². The molecular formula is C25H20F3NO5S. The van der Waals surface area contributed by atoms with Gasteiger partial charge in [-0.15, -0.1) is 0 Å². The van der Waals surface area contributed by atoms with Crippen LogP contribution < -0.4 is 10.3 Å². The van der Waals surface area contributed by atoms with Crippen LogP contribution in [-0.2, 0) is 22.6 Å². The van der Waals surface area contributed by atoms with Crippen LogP contribution in [0.25, 0.3) is 11.0 Å². The van der Waals surface area contributed by atoms with E-state index in [-0.39, 0.29) is 22.3 Å². The molecule has 182 valence electrons. The lowest BCUT2D eigenvalue weighted by Gasteiger charge is -2.17. The summed E-state index contributed by atoms with van der Waals surface area (Å²) in [6.07, 6.45) is -4.49. The standard InChI is InChI=1S/C25H20F3NO5S/c26-25(27,28)21-14-24(31)34-23-11-8-17(13-20(21)23)12-16-6-9-19(10-7-16)35(32,33)29-22(15-30)18-4-2-1-3-5-18/h1-11,13-14,22,29-30H,12,15H2. The summed E-state index contributed by atoms with van der Waals surface area (Å²) in [5.41, 5.74) is -0.529. The number of hydrogen-bond acceptors (Lipinski definition) is 5. The minimum Gasteiger partial charge on any atom is -0.423 e. The Morgan fingerprint density at radius 1 is 0.914 bits per heavy atom. The fourth-order valence-electron chi connectivity index (χ4n) is 3.73. The average molecular weight is 503 g/mol. The summed E-state index contributed by atoms with van der Waals surface area (Å²) >= 11 is 0. The maximum atomic E-state index is 13.4. The highest BCUT2D eigenvalue weighted by Gasteiger charge is 2.34. The third-order valence-electron chi connectivity index (χ3n) is 5.44. The molecule has 3 aromatic carbocycles. The third-order valence-corrected chi connectivity index (χ3v) is 6.92. The molecule has 0 aliphatic heterocycles. The summed E-state index contributed by atoms with van der Waals surface area (Å²) in [5, 5.41) is 9.41. The van der Waals surface area contributed by atoms with E-state index in [1.54, 1.807) is 48.5 Å². The number of fused-ring (bicyclic) bond motifs is 1. The van der Waals surface area contributed by atoms with E-state index in [1.165, 1.54) is 24.3 Å². The largest absolute Gasteiger partial charge is 0.423 e. The highest BCUT2D eigenvalue weighted by Crippen LogP contribution is 2.34. The number of sulfonamides is 1. The Labute approximate surface area is 198 Å². The van der Waals surface area contributed by atoms with Gasteiger partial charge in [0, 0.05) is 11.5 Å². The van der Waals surface area contributed by atoms with Crippen molar-refractivity contribution in [2.75, 3.05) is 6.61 Å². The lowest BCUT2D eigenvalue weighted by atomic mass is 10.0. The summed E-state index contributed by atoms with van der Waals surface area (Å²) in [7, 11) is -3.94. The summed E-state index contributed by atoms with van der Waals surface area (Å²) in [6, 6.07) is 18.3. The van der Waals surface area contributed by atoms with Gasteiger partial charge in [-0.3, -0.25) is 0 Å². The number of halogens is 3. The predicted octanol–water partition coefficient (Wildman–Crippen LogP) is 4.41. The first-order chi connectivity index (χ1) is 16.6. The SMILES string of the molecule is O=c1cc(C(F)(F)F)c2cc(Cc3ccc(S(=O)(=O)NC(CO)c4ccccc4)cc3)ccc2o1. The van der Waals surface area contributed by atoms with Gasteiger partial charge in [0.25, 0.3) is 0 Å². The van der Waals surface area contributed by atoms with Crippen LogP contribution in [0, 0.1) is 0 Å². The van der Waals surface area contributed by atoms with E-state index >= 15 is 0 Å². The number of rotatable bonds is 7. The molecule has 1 heterocycles. The molecule has 1 atom stereocenters. The second-order valence-electron chi connectivity index (χ2n) is 7.90. The Morgan fingerprint density at radius 3 is 2.20 bits per heavy atom. The van der Waals surface area contributed by atoms with Crippen LogP contribution in [0.15, 0.2) is 93.0 Å². The van der Waals surface area contributed by atoms with Crippen molar-refractivity contribution >= 4 is 21.0 Å². The van der Waals surface area contributed by atoms with Crippen molar-refractivity contribution in [3.8, 4) is 0 Å². The highest BCUT2D eigenvalue weighted by atomic mass is 32.2. The Morgan fingerprint density at radius 2 is 1.57 bits per heavy atom. The minimum absolute atomic E-state index is 0.0183. The zero-order valence-electron chi connectivity index (χ0n) is 18.1. The van der Waals surface area contributed by atoms with E-state index in [2.05, 4.69) is 4.72 Å². The van der Waals surface area contributed by atoms with Gasteiger partial charge in [-0.05, 0) is 47.4 Å². The van der Waals surface area contributed by atoms with Gasteiger partial charge in [0.15, 0.2) is 0 Å². The molecule has 4 rings (SSSR count). The van der Waals surface area contributed by atoms with Gasteiger partial charge in [0.1, 0.15) is 5.58 Å². The highest BCUT2D eigenvalue weighted by molar-refractivity contribution is 7.89. The van der Waals surface area contributed by atoms with Gasteiger partial charge in [-0.1, -0.05) is 48.5 Å². The van der Waals surface area contributed by atoms with Crippen LogP contribution >= 0.6 is 0 Å². The van der Waals surface area contributed by atoms with Crippen molar-refractivity contribution < 1.29 is 31.1 Å². The summed E-state index contributed by atoms with van der Waals surface area (Å²) < 4.78 is 73.1. The first kappa shape index (κ1) is 24.6. The van der Waals surface area contributed by atoms with Crippen LogP contribution in [0.3, 0.4) is 0 Å². The van der Waals surface area contributed by atoms with Crippen molar-refractivity contribution in [2.45, 2.75) is 23.5 Å². The van der Waals surface area contributed by atoms with Crippen LogP contribution in [0.4, 0.5) is 13.2 Å². The lowest BCUT2D eigenvalue weighted by molar-refractivity contribution is -0.136. The minimum atomic E-state index is -4.72. The quantitative estimate of drug-likeness (QED) is 0.364. The number of alkyl halides is 3. The van der Waals surface area contributed by atoms with E-state index < -0.39 is 40.0 Å². The average Bonchev–Trinajstić information content (AvgIpc) is 2.82. The second-order valence-corrected chi connectivity index (χ2v) is 9.61. The molecule has 1 aromatic heterocycles. The molecule has 0 spiro atoms. The Balaban J connectivity index is 1.56. The molecule has 1 unspecified atom stereocenters. The van der Waals surface area contributed by atoms with Crippen LogP contribution in [0.2, 0.25) is 0 Å². The first-order valence-electron chi connectivity index (χ1n) is 10.5. The van der Waals surface area contributed by atoms with Crippen molar-refractivity contribution in [2.24, 2.45) is 0 Å². The van der Waals surface area contributed by atoms with E-state index in [0.717, 1.165) is 0 Å². The van der Waals surface area contributed by atoms with Gasteiger partial charge in [0.2, 0.25) is 10.0 Å². The zero-order chi connectivity index (χ0) is 25.2. The van der Waals surface area contributed by atoms with Crippen molar-refractivity contribution in [3.63, 3.8) is 0 Å². The fourth-order valence-corrected chi connectivity index (χ4v) is 4.94. The molecule has 4 aromatic rings. The molecule has 6 nitrogen and oxygen atoms in total. The van der Waals surface area contributed by atoms with Gasteiger partial charge < -0.3 is 9.52 Å². The van der Waals surface area contributed by atoms with Gasteiger partial charge in [0.05, 0.1) is 23.1 Å². The Kier molecular flexibility index (Phi) is 6.79. The van der Waals surface area contributed by atoms with E-state index in [1.807, 2.05) is 0 Å². The molecular weight excluding hydrogens is 483 g/mol. The number of hydrogen-bond donors (Lipinski definition) is 2. The van der Waals surface area contributed by atoms with Crippen molar-refractivity contribution in [3.05, 3.63) is 112 Å². The fraction of sp³-hybridized carbons (Fsp3) is 0.160. The van der Waals surface area contributed by atoms with E-state index in [0.29, 0.717) is 22.8 Å². The Bertz CT molecular complexity index is 1500. The summed E-state index contributed by atoms with van der Waals surface area (Å²) in [5.74, 6) is 0.